The molecule has 0 unspecified atom stereocenters. The quantitative estimate of drug-likeness (QED) is 0.520. The van der Waals surface area contributed by atoms with Crippen molar-refractivity contribution in [2.24, 2.45) is 0 Å². The maximum Gasteiger partial charge on any atom is 0.319 e. The number of carbonyl (C=O) groups excluding carboxylic acids is 3. The fourth-order valence-corrected chi connectivity index (χ4v) is 2.48. The Kier molecular flexibility index (Phi) is 8.04. The third kappa shape index (κ3) is 6.40. The number of hydrogen-bond acceptors (Lipinski definition) is 5. The lowest BCUT2D eigenvalue weighted by atomic mass is 10.2. The molecule has 0 saturated heterocycles. The third-order valence-electron chi connectivity index (χ3n) is 3.84. The molecule has 30 heavy (non-hydrogen) atoms. The van der Waals surface area contributed by atoms with Gasteiger partial charge in [-0.3, -0.25) is 20.4 Å². The minimum Gasteiger partial charge on any atom is -0.493 e. The smallest absolute Gasteiger partial charge is 0.319 e. The molecule has 0 aliphatic rings. The van der Waals surface area contributed by atoms with Gasteiger partial charge in [-0.15, -0.1) is 0 Å². The van der Waals surface area contributed by atoms with Crippen LogP contribution in [0.2, 0.25) is 0 Å². The number of rotatable bonds is 7. The van der Waals surface area contributed by atoms with Gasteiger partial charge in [0, 0.05) is 22.9 Å². The zero-order valence-electron chi connectivity index (χ0n) is 17.4. The lowest BCUT2D eigenvalue weighted by molar-refractivity contribution is 0.0846. The first-order valence-corrected chi connectivity index (χ1v) is 9.43. The van der Waals surface area contributed by atoms with E-state index in [1.807, 2.05) is 20.8 Å². The first-order valence-electron chi connectivity index (χ1n) is 9.43. The summed E-state index contributed by atoms with van der Waals surface area (Å²) in [6.45, 7) is 6.02. The van der Waals surface area contributed by atoms with Crippen molar-refractivity contribution in [2.75, 3.05) is 19.0 Å². The largest absolute Gasteiger partial charge is 0.493 e. The first-order chi connectivity index (χ1) is 14.3. The second kappa shape index (κ2) is 10.7. The van der Waals surface area contributed by atoms with Crippen LogP contribution in [0.1, 0.15) is 41.5 Å². The van der Waals surface area contributed by atoms with E-state index in [1.165, 1.54) is 25.3 Å². The zero-order chi connectivity index (χ0) is 22.1. The molecule has 0 spiro atoms. The monoisotopic (exact) mass is 414 g/mol. The molecular weight excluding hydrogens is 388 g/mol. The Labute approximate surface area is 175 Å². The van der Waals surface area contributed by atoms with Gasteiger partial charge < -0.3 is 20.1 Å². The second-order valence-corrected chi connectivity index (χ2v) is 6.54. The van der Waals surface area contributed by atoms with Gasteiger partial charge in [0.2, 0.25) is 0 Å². The number of hydrazine groups is 1. The van der Waals surface area contributed by atoms with E-state index in [0.717, 1.165) is 0 Å². The molecule has 2 aromatic rings. The molecule has 4 N–H and O–H groups in total. The molecule has 2 rings (SSSR count). The lowest BCUT2D eigenvalue weighted by Gasteiger charge is -2.12. The van der Waals surface area contributed by atoms with Gasteiger partial charge >= 0.3 is 6.03 Å². The number of methoxy groups -OCH3 is 1. The predicted octanol–water partition coefficient (Wildman–Crippen LogP) is 2.70. The summed E-state index contributed by atoms with van der Waals surface area (Å²) in [5, 5.41) is 5.36. The van der Waals surface area contributed by atoms with E-state index in [1.54, 1.807) is 24.3 Å². The Morgan fingerprint density at radius 3 is 2.07 bits per heavy atom. The molecule has 2 aromatic carbocycles. The van der Waals surface area contributed by atoms with E-state index in [2.05, 4.69) is 21.5 Å². The SMILES string of the molecule is CCOc1ccc(C(=O)NNC(=O)c2ccc(NC(=O)NC(C)C)cc2)cc1OC. The Hall–Kier alpha value is -3.75. The van der Waals surface area contributed by atoms with Gasteiger partial charge in [0.1, 0.15) is 0 Å². The highest BCUT2D eigenvalue weighted by Crippen LogP contribution is 2.27. The number of anilines is 1. The Morgan fingerprint density at radius 2 is 1.50 bits per heavy atom. The van der Waals surface area contributed by atoms with E-state index in [-0.39, 0.29) is 12.1 Å². The van der Waals surface area contributed by atoms with Gasteiger partial charge in [0.15, 0.2) is 11.5 Å². The molecule has 9 heteroatoms. The number of urea groups is 1. The number of carbonyl (C=O) groups is 3. The summed E-state index contributed by atoms with van der Waals surface area (Å²) >= 11 is 0. The fraction of sp³-hybridized carbons (Fsp3) is 0.286. The van der Waals surface area contributed by atoms with Crippen LogP contribution >= 0.6 is 0 Å². The molecule has 9 nitrogen and oxygen atoms in total. The highest BCUT2D eigenvalue weighted by Gasteiger charge is 2.13. The van der Waals surface area contributed by atoms with Crippen LogP contribution in [0.15, 0.2) is 42.5 Å². The van der Waals surface area contributed by atoms with Gasteiger partial charge in [0.05, 0.1) is 13.7 Å². The summed E-state index contributed by atoms with van der Waals surface area (Å²) < 4.78 is 10.6. The summed E-state index contributed by atoms with van der Waals surface area (Å²) in [6.07, 6.45) is 0. The summed E-state index contributed by atoms with van der Waals surface area (Å²) in [7, 11) is 1.48. The molecule has 0 saturated carbocycles. The molecule has 4 amide bonds. The zero-order valence-corrected chi connectivity index (χ0v) is 17.4. The topological polar surface area (TPSA) is 118 Å². The van der Waals surface area contributed by atoms with Crippen LogP contribution in [0.3, 0.4) is 0 Å². The lowest BCUT2D eigenvalue weighted by Crippen LogP contribution is -2.41. The third-order valence-corrected chi connectivity index (χ3v) is 3.84. The Balaban J connectivity index is 1.93. The van der Waals surface area contributed by atoms with Crippen molar-refractivity contribution in [3.05, 3.63) is 53.6 Å². The highest BCUT2D eigenvalue weighted by atomic mass is 16.5. The number of ether oxygens (including phenoxy) is 2. The average molecular weight is 414 g/mol. The first kappa shape index (κ1) is 22.5. The molecule has 160 valence electrons. The maximum absolute atomic E-state index is 12.3. The van der Waals surface area contributed by atoms with Crippen molar-refractivity contribution >= 4 is 23.5 Å². The number of hydrogen-bond donors (Lipinski definition) is 4. The highest BCUT2D eigenvalue weighted by molar-refractivity contribution is 5.99. The van der Waals surface area contributed by atoms with Crippen LogP contribution in [0.4, 0.5) is 10.5 Å². The van der Waals surface area contributed by atoms with Crippen molar-refractivity contribution in [3.63, 3.8) is 0 Å². The van der Waals surface area contributed by atoms with Crippen molar-refractivity contribution in [1.29, 1.82) is 0 Å². The molecular formula is C21H26N4O5. The Morgan fingerprint density at radius 1 is 0.900 bits per heavy atom. The molecule has 0 fully saturated rings. The molecule has 0 radical (unpaired) electrons. The number of nitrogens with one attached hydrogen (secondary N) is 4. The van der Waals surface area contributed by atoms with Gasteiger partial charge in [-0.2, -0.15) is 0 Å². The normalized spacial score (nSPS) is 10.2. The van der Waals surface area contributed by atoms with E-state index in [0.29, 0.717) is 34.9 Å². The fourth-order valence-electron chi connectivity index (χ4n) is 2.48. The summed E-state index contributed by atoms with van der Waals surface area (Å²) in [5.74, 6) is -0.0652. The van der Waals surface area contributed by atoms with Gasteiger partial charge in [-0.1, -0.05) is 0 Å². The van der Waals surface area contributed by atoms with Crippen LogP contribution in [0, 0.1) is 0 Å². The van der Waals surface area contributed by atoms with Crippen LogP contribution < -0.4 is 31.0 Å². The van der Waals surface area contributed by atoms with Gasteiger partial charge in [0.25, 0.3) is 11.8 Å². The molecule has 0 aromatic heterocycles. The number of amides is 4. The molecule has 0 bridgehead atoms. The summed E-state index contributed by atoms with van der Waals surface area (Å²) in [5.41, 5.74) is 5.85. The van der Waals surface area contributed by atoms with E-state index in [9.17, 15) is 14.4 Å². The minimum atomic E-state index is -0.506. The van der Waals surface area contributed by atoms with E-state index < -0.39 is 11.8 Å². The summed E-state index contributed by atoms with van der Waals surface area (Å²) in [4.78, 5) is 36.2. The van der Waals surface area contributed by atoms with Crippen LogP contribution in [-0.2, 0) is 0 Å². The van der Waals surface area contributed by atoms with E-state index in [4.69, 9.17) is 9.47 Å². The Bertz CT molecular complexity index is 897. The van der Waals surface area contributed by atoms with Crippen molar-refractivity contribution in [3.8, 4) is 11.5 Å². The van der Waals surface area contributed by atoms with Crippen molar-refractivity contribution < 1.29 is 23.9 Å². The number of benzene rings is 2. The average Bonchev–Trinajstić information content (AvgIpc) is 2.72. The van der Waals surface area contributed by atoms with Crippen molar-refractivity contribution in [1.82, 2.24) is 16.2 Å². The van der Waals surface area contributed by atoms with Crippen LogP contribution in [0.5, 0.6) is 11.5 Å². The minimum absolute atomic E-state index is 0.00834. The molecule has 0 aliphatic heterocycles. The van der Waals surface area contributed by atoms with Crippen LogP contribution in [0.25, 0.3) is 0 Å². The van der Waals surface area contributed by atoms with Gasteiger partial charge in [-0.05, 0) is 63.2 Å². The molecule has 0 atom stereocenters. The molecule has 0 aliphatic carbocycles. The standard InChI is InChI=1S/C21H26N4O5/c1-5-30-17-11-8-15(12-18(17)29-4)20(27)25-24-19(26)14-6-9-16(10-7-14)23-21(28)22-13(2)3/h6-13H,5H2,1-4H3,(H,24,26)(H,25,27)(H2,22,23,28). The molecule has 0 heterocycles. The van der Waals surface area contributed by atoms with E-state index >= 15 is 0 Å². The second-order valence-electron chi connectivity index (χ2n) is 6.54. The predicted molar refractivity (Wildman–Crippen MR) is 113 cm³/mol. The van der Waals surface area contributed by atoms with Crippen molar-refractivity contribution in [2.45, 2.75) is 26.8 Å². The van der Waals surface area contributed by atoms with Gasteiger partial charge in [-0.25, -0.2) is 4.79 Å². The summed E-state index contributed by atoms with van der Waals surface area (Å²) in [6, 6.07) is 10.6. The van der Waals surface area contributed by atoms with Crippen LogP contribution in [-0.4, -0.2) is 37.6 Å². The maximum atomic E-state index is 12.3.